The second-order valence-electron chi connectivity index (χ2n) is 5.45. The molecule has 0 bridgehead atoms. The van der Waals surface area contributed by atoms with Crippen LogP contribution in [0.3, 0.4) is 0 Å². The van der Waals surface area contributed by atoms with Gasteiger partial charge in [-0.1, -0.05) is 30.3 Å². The summed E-state index contributed by atoms with van der Waals surface area (Å²) >= 11 is 5.82. The number of benzene rings is 1. The molecule has 0 saturated heterocycles. The first-order valence-corrected chi connectivity index (χ1v) is 7.91. The Balaban J connectivity index is 2.08. The quantitative estimate of drug-likeness (QED) is 0.727. The molecule has 25 heavy (non-hydrogen) atoms. The van der Waals surface area contributed by atoms with Crippen molar-refractivity contribution in [2.75, 3.05) is 6.54 Å². The van der Waals surface area contributed by atoms with E-state index in [4.69, 9.17) is 11.6 Å². The first-order valence-electron chi connectivity index (χ1n) is 7.53. The molecular formula is C17H18ClF2N3O2. The van der Waals surface area contributed by atoms with Crippen LogP contribution in [0, 0.1) is 0 Å². The van der Waals surface area contributed by atoms with Crippen molar-refractivity contribution in [3.8, 4) is 0 Å². The number of carbonyl (C=O) groups is 1. The van der Waals surface area contributed by atoms with Crippen LogP contribution in [0.5, 0.6) is 0 Å². The van der Waals surface area contributed by atoms with Gasteiger partial charge in [0.1, 0.15) is 6.54 Å². The van der Waals surface area contributed by atoms with E-state index in [1.807, 2.05) is 0 Å². The van der Waals surface area contributed by atoms with E-state index in [9.17, 15) is 18.7 Å². The predicted molar refractivity (Wildman–Crippen MR) is 90.3 cm³/mol. The van der Waals surface area contributed by atoms with Crippen molar-refractivity contribution >= 4 is 17.5 Å². The summed E-state index contributed by atoms with van der Waals surface area (Å²) in [5.74, 6) is -0.380. The summed E-state index contributed by atoms with van der Waals surface area (Å²) in [5.41, 5.74) is 1.19. The second-order valence-corrected chi connectivity index (χ2v) is 5.89. The molecule has 1 atom stereocenters. The number of halogens is 3. The van der Waals surface area contributed by atoms with Crippen molar-refractivity contribution in [2.24, 2.45) is 0 Å². The van der Waals surface area contributed by atoms with Gasteiger partial charge < -0.3 is 10.0 Å². The topological polar surface area (TPSA) is 58.4 Å². The van der Waals surface area contributed by atoms with Crippen molar-refractivity contribution < 1.29 is 18.7 Å². The average Bonchev–Trinajstić information content (AvgIpc) is 3.00. The highest BCUT2D eigenvalue weighted by Gasteiger charge is 2.18. The molecule has 134 valence electrons. The third kappa shape index (κ3) is 5.65. The molecule has 5 nitrogen and oxygen atoms in total. The number of amides is 1. The molecular weight excluding hydrogens is 352 g/mol. The maximum absolute atomic E-state index is 12.4. The molecule has 0 unspecified atom stereocenters. The molecule has 0 radical (unpaired) electrons. The average molecular weight is 370 g/mol. The summed E-state index contributed by atoms with van der Waals surface area (Å²) in [5, 5.41) is 14.7. The first-order chi connectivity index (χ1) is 11.9. The van der Waals surface area contributed by atoms with Gasteiger partial charge in [-0.15, -0.1) is 0 Å². The van der Waals surface area contributed by atoms with E-state index < -0.39 is 19.1 Å². The van der Waals surface area contributed by atoms with E-state index in [0.717, 1.165) is 10.8 Å². The van der Waals surface area contributed by atoms with Gasteiger partial charge in [0.25, 0.3) is 6.43 Å². The summed E-state index contributed by atoms with van der Waals surface area (Å²) in [6.45, 7) is 3.08. The number of aromatic nitrogens is 2. The van der Waals surface area contributed by atoms with Crippen LogP contribution in [0.1, 0.15) is 17.2 Å². The third-order valence-corrected chi connectivity index (χ3v) is 3.77. The lowest BCUT2D eigenvalue weighted by molar-refractivity contribution is -0.128. The van der Waals surface area contributed by atoms with Crippen LogP contribution in [0.4, 0.5) is 8.78 Å². The fraction of sp³-hybridized carbons (Fsp3) is 0.294. The van der Waals surface area contributed by atoms with Crippen LogP contribution >= 0.6 is 11.6 Å². The smallest absolute Gasteiger partial charge is 0.257 e. The summed E-state index contributed by atoms with van der Waals surface area (Å²) in [7, 11) is 0. The Morgan fingerprint density at radius 2 is 2.08 bits per heavy atom. The molecule has 1 heterocycles. The predicted octanol–water partition coefficient (Wildman–Crippen LogP) is 3.05. The lowest BCUT2D eigenvalue weighted by Gasteiger charge is -2.24. The van der Waals surface area contributed by atoms with Gasteiger partial charge in [-0.25, -0.2) is 8.78 Å². The van der Waals surface area contributed by atoms with E-state index >= 15 is 0 Å². The number of aliphatic hydroxyl groups is 1. The maximum atomic E-state index is 12.4. The Morgan fingerprint density at radius 1 is 1.40 bits per heavy atom. The molecule has 1 N–H and O–H groups in total. The van der Waals surface area contributed by atoms with Crippen molar-refractivity contribution in [1.82, 2.24) is 14.7 Å². The molecule has 0 fully saturated rings. The van der Waals surface area contributed by atoms with E-state index in [-0.39, 0.29) is 19.0 Å². The molecule has 2 rings (SSSR count). The molecule has 0 spiro atoms. The van der Waals surface area contributed by atoms with Gasteiger partial charge in [-0.3, -0.25) is 9.48 Å². The van der Waals surface area contributed by atoms with Crippen LogP contribution in [0.25, 0.3) is 0 Å². The largest absolute Gasteiger partial charge is 0.387 e. The SMILES string of the molecule is C=CC(=O)N(Cc1cnn(CC(F)F)c1)C[C@H](O)c1ccc(Cl)cc1. The van der Waals surface area contributed by atoms with E-state index in [1.165, 1.54) is 17.3 Å². The summed E-state index contributed by atoms with van der Waals surface area (Å²) in [6.07, 6.45) is 0.575. The zero-order chi connectivity index (χ0) is 18.4. The van der Waals surface area contributed by atoms with Gasteiger partial charge >= 0.3 is 0 Å². The fourth-order valence-corrected chi connectivity index (χ4v) is 2.44. The Hall–Kier alpha value is -2.25. The number of nitrogens with zero attached hydrogens (tertiary/aromatic N) is 3. The normalized spacial score (nSPS) is 12.2. The molecule has 1 aromatic carbocycles. The van der Waals surface area contributed by atoms with Crippen LogP contribution in [-0.2, 0) is 17.9 Å². The lowest BCUT2D eigenvalue weighted by Crippen LogP contribution is -2.33. The molecule has 1 aromatic heterocycles. The number of aliphatic hydroxyl groups excluding tert-OH is 1. The molecule has 0 saturated carbocycles. The van der Waals surface area contributed by atoms with Crippen molar-refractivity contribution in [1.29, 1.82) is 0 Å². The van der Waals surface area contributed by atoms with Crippen LogP contribution in [-0.4, -0.2) is 38.7 Å². The number of alkyl halides is 2. The Bertz CT molecular complexity index is 719. The Kier molecular flexibility index (Phi) is 6.66. The van der Waals surface area contributed by atoms with Crippen LogP contribution < -0.4 is 0 Å². The Labute approximate surface area is 149 Å². The number of hydrogen-bond donors (Lipinski definition) is 1. The molecule has 0 aliphatic carbocycles. The van der Waals surface area contributed by atoms with Crippen LogP contribution in [0.15, 0.2) is 49.3 Å². The van der Waals surface area contributed by atoms with E-state index in [0.29, 0.717) is 16.1 Å². The second kappa shape index (κ2) is 8.73. The lowest BCUT2D eigenvalue weighted by atomic mass is 10.1. The Morgan fingerprint density at radius 3 is 2.68 bits per heavy atom. The molecule has 8 heteroatoms. The molecule has 0 aliphatic rings. The third-order valence-electron chi connectivity index (χ3n) is 3.52. The van der Waals surface area contributed by atoms with Crippen molar-refractivity contribution in [2.45, 2.75) is 25.6 Å². The number of hydrogen-bond acceptors (Lipinski definition) is 3. The van der Waals surface area contributed by atoms with Gasteiger partial charge in [0.2, 0.25) is 5.91 Å². The highest BCUT2D eigenvalue weighted by atomic mass is 35.5. The van der Waals surface area contributed by atoms with Crippen LogP contribution in [0.2, 0.25) is 5.02 Å². The highest BCUT2D eigenvalue weighted by Crippen LogP contribution is 2.19. The summed E-state index contributed by atoms with van der Waals surface area (Å²) < 4.78 is 25.9. The van der Waals surface area contributed by atoms with Gasteiger partial charge in [-0.2, -0.15) is 5.10 Å². The van der Waals surface area contributed by atoms with Gasteiger partial charge in [0.15, 0.2) is 0 Å². The maximum Gasteiger partial charge on any atom is 0.257 e. The van der Waals surface area contributed by atoms with Gasteiger partial charge in [0, 0.05) is 23.3 Å². The van der Waals surface area contributed by atoms with Gasteiger partial charge in [-0.05, 0) is 23.8 Å². The first kappa shape index (κ1) is 19.1. The number of carbonyl (C=O) groups excluding carboxylic acids is 1. The molecule has 0 aliphatic heterocycles. The zero-order valence-electron chi connectivity index (χ0n) is 13.4. The van der Waals surface area contributed by atoms with Gasteiger partial charge in [0.05, 0.1) is 18.8 Å². The van der Waals surface area contributed by atoms with Crippen molar-refractivity contribution in [3.63, 3.8) is 0 Å². The highest BCUT2D eigenvalue weighted by molar-refractivity contribution is 6.30. The van der Waals surface area contributed by atoms with E-state index in [1.54, 1.807) is 24.3 Å². The van der Waals surface area contributed by atoms with Crippen molar-refractivity contribution in [3.05, 3.63) is 65.5 Å². The minimum absolute atomic E-state index is 0.0204. The molecule has 2 aromatic rings. The zero-order valence-corrected chi connectivity index (χ0v) is 14.1. The number of rotatable bonds is 8. The summed E-state index contributed by atoms with van der Waals surface area (Å²) in [6, 6.07) is 6.64. The summed E-state index contributed by atoms with van der Waals surface area (Å²) in [4.78, 5) is 13.4. The standard InChI is InChI=1S/C17H18ClF2N3O2/c1-2-17(25)22(8-12-7-21-23(9-12)11-16(19)20)10-15(24)13-3-5-14(18)6-4-13/h2-7,9,15-16,24H,1,8,10-11H2/t15-/m0/s1. The van der Waals surface area contributed by atoms with E-state index in [2.05, 4.69) is 11.7 Å². The fourth-order valence-electron chi connectivity index (χ4n) is 2.31. The molecule has 1 amide bonds. The monoisotopic (exact) mass is 369 g/mol. The minimum atomic E-state index is -2.51. The minimum Gasteiger partial charge on any atom is -0.387 e.